The van der Waals surface area contributed by atoms with Crippen molar-refractivity contribution in [2.45, 2.75) is 45.0 Å². The first kappa shape index (κ1) is 30.6. The highest BCUT2D eigenvalue weighted by atomic mass is 19.3. The number of hydrogen-bond acceptors (Lipinski definition) is 4. The summed E-state index contributed by atoms with van der Waals surface area (Å²) in [6.45, 7) is 1.37. The van der Waals surface area contributed by atoms with Gasteiger partial charge in [0.25, 0.3) is 0 Å². The topological polar surface area (TPSA) is 36.9 Å². The van der Waals surface area contributed by atoms with Crippen molar-refractivity contribution in [3.8, 4) is 22.6 Å². The average molecular weight is 591 g/mol. The highest BCUT2D eigenvalue weighted by Crippen LogP contribution is 2.39. The van der Waals surface area contributed by atoms with Crippen LogP contribution in [0.5, 0.6) is 11.5 Å². The minimum Gasteiger partial charge on any atom is -0.457 e. The molecule has 4 rings (SSSR count). The highest BCUT2D eigenvalue weighted by molar-refractivity contribution is 5.65. The predicted octanol–water partition coefficient (Wildman–Crippen LogP) is 8.73. The molecule has 0 N–H and O–H groups in total. The maximum atomic E-state index is 15.0. The van der Waals surface area contributed by atoms with Gasteiger partial charge in [-0.25, -0.2) is 26.3 Å². The molecular weight excluding hydrogens is 564 g/mol. The van der Waals surface area contributed by atoms with E-state index in [0.717, 1.165) is 31.7 Å². The summed E-state index contributed by atoms with van der Waals surface area (Å²) in [6, 6.07) is 5.12. The number of unbranched alkanes of at least 4 members (excludes halogenated alkanes) is 2. The van der Waals surface area contributed by atoms with Gasteiger partial charge in [0, 0.05) is 29.2 Å². The van der Waals surface area contributed by atoms with Crippen LogP contribution in [0.25, 0.3) is 11.1 Å². The number of ether oxygens (including phenoxy) is 4. The summed E-state index contributed by atoms with van der Waals surface area (Å²) < 4.78 is 134. The molecule has 0 spiro atoms. The van der Waals surface area contributed by atoms with E-state index in [2.05, 4.69) is 16.4 Å². The molecule has 1 aliphatic heterocycles. The third-order valence-corrected chi connectivity index (χ3v) is 6.51. The lowest BCUT2D eigenvalue weighted by atomic mass is 9.99. The minimum absolute atomic E-state index is 0.223. The third-order valence-electron chi connectivity index (χ3n) is 6.51. The van der Waals surface area contributed by atoms with Crippen LogP contribution in [-0.2, 0) is 15.6 Å². The molecule has 0 aromatic heterocycles. The van der Waals surface area contributed by atoms with Crippen LogP contribution >= 0.6 is 0 Å². The Morgan fingerprint density at radius 3 is 2.02 bits per heavy atom. The van der Waals surface area contributed by atoms with Gasteiger partial charge >= 0.3 is 6.11 Å². The summed E-state index contributed by atoms with van der Waals surface area (Å²) in [6.07, 6.45) is -1.40. The zero-order valence-electron chi connectivity index (χ0n) is 21.8. The average Bonchev–Trinajstić information content (AvgIpc) is 2.90. The van der Waals surface area contributed by atoms with E-state index in [1.54, 1.807) is 0 Å². The smallest absolute Gasteiger partial charge is 0.432 e. The van der Waals surface area contributed by atoms with Crippen molar-refractivity contribution >= 4 is 0 Å². The van der Waals surface area contributed by atoms with Gasteiger partial charge in [-0.15, -0.1) is 0 Å². The number of alkyl halides is 3. The molecule has 0 saturated carbocycles. The molecule has 0 aliphatic carbocycles. The lowest BCUT2D eigenvalue weighted by molar-refractivity contribution is -0.206. The second kappa shape index (κ2) is 13.1. The van der Waals surface area contributed by atoms with E-state index in [1.807, 2.05) is 0 Å². The zero-order valence-corrected chi connectivity index (χ0v) is 21.8. The second-order valence-corrected chi connectivity index (χ2v) is 9.50. The monoisotopic (exact) mass is 590 g/mol. The number of hydrogen-bond donors (Lipinski definition) is 0. The highest BCUT2D eigenvalue weighted by Gasteiger charge is 2.41. The Morgan fingerprint density at radius 2 is 1.46 bits per heavy atom. The first-order chi connectivity index (χ1) is 19.5. The molecular formula is C29H26F8O4. The van der Waals surface area contributed by atoms with Gasteiger partial charge in [-0.1, -0.05) is 38.3 Å². The van der Waals surface area contributed by atoms with Crippen molar-refractivity contribution in [3.05, 3.63) is 82.7 Å². The van der Waals surface area contributed by atoms with Gasteiger partial charge in [-0.2, -0.15) is 8.78 Å². The van der Waals surface area contributed by atoms with Crippen molar-refractivity contribution < 1.29 is 54.1 Å². The molecule has 222 valence electrons. The summed E-state index contributed by atoms with van der Waals surface area (Å²) >= 11 is 0. The van der Waals surface area contributed by atoms with Crippen LogP contribution in [0, 0.1) is 35.0 Å². The van der Waals surface area contributed by atoms with Gasteiger partial charge in [0.15, 0.2) is 23.7 Å². The van der Waals surface area contributed by atoms with Crippen LogP contribution in [0.1, 0.15) is 50.0 Å². The maximum Gasteiger partial charge on any atom is 0.432 e. The maximum absolute atomic E-state index is 15.0. The van der Waals surface area contributed by atoms with Crippen molar-refractivity contribution in [2.75, 3.05) is 20.1 Å². The molecule has 3 aromatic carbocycles. The summed E-state index contributed by atoms with van der Waals surface area (Å²) in [5.41, 5.74) is -2.23. The quantitative estimate of drug-likeness (QED) is 0.165. The fourth-order valence-corrected chi connectivity index (χ4v) is 4.49. The molecule has 12 heteroatoms. The Labute approximate surface area is 230 Å². The SMILES string of the molecule is CCCCCC1COC(c2ccc(-c3cc(F)c(C(F)(F)Oc4cc(F)c(OCF)c(F)c4)c(F)c3)c(F)c2)OC1. The molecule has 0 atom stereocenters. The van der Waals surface area contributed by atoms with Crippen LogP contribution < -0.4 is 9.47 Å². The predicted molar refractivity (Wildman–Crippen MR) is 132 cm³/mol. The molecule has 1 fully saturated rings. The number of benzene rings is 3. The summed E-state index contributed by atoms with van der Waals surface area (Å²) in [5.74, 6) is -9.80. The van der Waals surface area contributed by atoms with Crippen LogP contribution in [0.15, 0.2) is 42.5 Å². The van der Waals surface area contributed by atoms with Gasteiger partial charge in [0.2, 0.25) is 6.86 Å². The third kappa shape index (κ3) is 7.10. The molecule has 1 heterocycles. The Balaban J connectivity index is 1.51. The van der Waals surface area contributed by atoms with Gasteiger partial charge in [0.05, 0.1) is 13.2 Å². The molecule has 41 heavy (non-hydrogen) atoms. The molecule has 0 bridgehead atoms. The Kier molecular flexibility index (Phi) is 9.75. The van der Waals surface area contributed by atoms with Crippen LogP contribution in [0.2, 0.25) is 0 Å². The van der Waals surface area contributed by atoms with Gasteiger partial charge in [-0.3, -0.25) is 0 Å². The molecule has 0 amide bonds. The van der Waals surface area contributed by atoms with E-state index in [4.69, 9.17) is 9.47 Å². The Hall–Kier alpha value is -3.38. The lowest BCUT2D eigenvalue weighted by Crippen LogP contribution is -2.27. The van der Waals surface area contributed by atoms with Crippen LogP contribution in [-0.4, -0.2) is 20.1 Å². The van der Waals surface area contributed by atoms with Crippen LogP contribution in [0.3, 0.4) is 0 Å². The summed E-state index contributed by atoms with van der Waals surface area (Å²) in [4.78, 5) is 0. The minimum atomic E-state index is -4.75. The van der Waals surface area contributed by atoms with Gasteiger partial charge in [-0.05, 0) is 30.2 Å². The molecule has 3 aromatic rings. The van der Waals surface area contributed by atoms with Crippen molar-refractivity contribution in [1.29, 1.82) is 0 Å². The van der Waals surface area contributed by atoms with Crippen LogP contribution in [0.4, 0.5) is 35.1 Å². The van der Waals surface area contributed by atoms with Crippen molar-refractivity contribution in [1.82, 2.24) is 0 Å². The Bertz CT molecular complexity index is 1310. The van der Waals surface area contributed by atoms with E-state index in [1.165, 1.54) is 12.1 Å². The molecule has 1 aliphatic rings. The first-order valence-electron chi connectivity index (χ1n) is 12.8. The lowest BCUT2D eigenvalue weighted by Gasteiger charge is -2.29. The van der Waals surface area contributed by atoms with E-state index < -0.39 is 71.0 Å². The Morgan fingerprint density at radius 1 is 0.829 bits per heavy atom. The fraction of sp³-hybridized carbons (Fsp3) is 0.379. The molecule has 0 radical (unpaired) electrons. The molecule has 4 nitrogen and oxygen atoms in total. The second-order valence-electron chi connectivity index (χ2n) is 9.50. The summed E-state index contributed by atoms with van der Waals surface area (Å²) in [7, 11) is 0. The summed E-state index contributed by atoms with van der Waals surface area (Å²) in [5, 5.41) is 0. The van der Waals surface area contributed by atoms with E-state index in [-0.39, 0.29) is 23.6 Å². The van der Waals surface area contributed by atoms with Gasteiger partial charge in [0.1, 0.15) is 28.8 Å². The zero-order chi connectivity index (χ0) is 29.7. The molecule has 0 unspecified atom stereocenters. The van der Waals surface area contributed by atoms with E-state index >= 15 is 0 Å². The first-order valence-corrected chi connectivity index (χ1v) is 12.8. The molecule has 1 saturated heterocycles. The van der Waals surface area contributed by atoms with Crippen molar-refractivity contribution in [3.63, 3.8) is 0 Å². The number of rotatable bonds is 11. The van der Waals surface area contributed by atoms with Gasteiger partial charge < -0.3 is 18.9 Å². The van der Waals surface area contributed by atoms with E-state index in [0.29, 0.717) is 30.9 Å². The normalized spacial score (nSPS) is 17.5. The fourth-order valence-electron chi connectivity index (χ4n) is 4.49. The van der Waals surface area contributed by atoms with E-state index in [9.17, 15) is 35.1 Å². The standard InChI is InChI=1S/C29H26F8O4/c1-2-3-4-5-16-13-38-28(39-14-16)17-6-7-20(21(31)8-17)18-9-22(32)26(23(33)10-18)29(36,37)41-19-11-24(34)27(40-15-30)25(35)12-19/h6-12,16,28H,2-5,13-15H2,1H3. The number of halogens is 8. The largest absolute Gasteiger partial charge is 0.457 e. The van der Waals surface area contributed by atoms with Crippen molar-refractivity contribution in [2.24, 2.45) is 5.92 Å².